The fourth-order valence-corrected chi connectivity index (χ4v) is 2.94. The van der Waals surface area contributed by atoms with Crippen LogP contribution >= 0.6 is 0 Å². The summed E-state index contributed by atoms with van der Waals surface area (Å²) < 4.78 is 1.81. The number of aryl methyl sites for hydroxylation is 2. The molecule has 3 aromatic rings. The number of carbonyl (C=O) groups excluding carboxylic acids is 1. The number of carbonyl (C=O) groups is 1. The molecule has 0 radical (unpaired) electrons. The number of hydrogen-bond donors (Lipinski definition) is 2. The number of aromatic nitrogens is 4. The molecule has 2 heterocycles. The third kappa shape index (κ3) is 3.05. The maximum atomic E-state index is 11.1. The fraction of sp³-hybridized carbons (Fsp3) is 0.333. The molecule has 25 heavy (non-hydrogen) atoms. The largest absolute Gasteiger partial charge is 0.338 e. The molecule has 4 rings (SSSR count). The van der Waals surface area contributed by atoms with Crippen LogP contribution in [-0.4, -0.2) is 25.7 Å². The quantitative estimate of drug-likeness (QED) is 0.764. The zero-order valence-electron chi connectivity index (χ0n) is 14.5. The second kappa shape index (κ2) is 5.84. The summed E-state index contributed by atoms with van der Waals surface area (Å²) >= 11 is 0. The van der Waals surface area contributed by atoms with Crippen molar-refractivity contribution in [1.82, 2.24) is 19.7 Å². The van der Waals surface area contributed by atoms with Gasteiger partial charge in [-0.3, -0.25) is 9.48 Å². The van der Waals surface area contributed by atoms with E-state index in [4.69, 9.17) is 9.97 Å². The number of hydrogen-bond acceptors (Lipinski definition) is 5. The molecule has 2 aromatic heterocycles. The molecule has 0 aliphatic heterocycles. The maximum Gasteiger partial charge on any atom is 0.221 e. The predicted molar refractivity (Wildman–Crippen MR) is 97.0 cm³/mol. The molecule has 1 saturated carbocycles. The smallest absolute Gasteiger partial charge is 0.221 e. The Kier molecular flexibility index (Phi) is 3.63. The first-order valence-corrected chi connectivity index (χ1v) is 8.37. The highest BCUT2D eigenvalue weighted by Gasteiger charge is 2.28. The summed E-state index contributed by atoms with van der Waals surface area (Å²) in [5, 5.41) is 10.6. The predicted octanol–water partition coefficient (Wildman–Crippen LogP) is 3.25. The van der Waals surface area contributed by atoms with Gasteiger partial charge in [0.25, 0.3) is 0 Å². The van der Waals surface area contributed by atoms with Crippen molar-refractivity contribution in [2.24, 2.45) is 7.05 Å². The highest BCUT2D eigenvalue weighted by molar-refractivity contribution is 5.90. The zero-order chi connectivity index (χ0) is 17.6. The molecule has 2 N–H and O–H groups in total. The lowest BCUT2D eigenvalue weighted by molar-refractivity contribution is -0.114. The fourth-order valence-electron chi connectivity index (χ4n) is 2.94. The summed E-state index contributed by atoms with van der Waals surface area (Å²) in [6.07, 6.45) is 2.30. The molecule has 1 amide bonds. The van der Waals surface area contributed by atoms with E-state index in [2.05, 4.69) is 15.7 Å². The van der Waals surface area contributed by atoms with Gasteiger partial charge >= 0.3 is 0 Å². The summed E-state index contributed by atoms with van der Waals surface area (Å²) in [5.41, 5.74) is 4.37. The minimum absolute atomic E-state index is 0.0855. The first-order chi connectivity index (χ1) is 12.0. The van der Waals surface area contributed by atoms with Crippen LogP contribution in [0.3, 0.4) is 0 Å². The molecule has 0 atom stereocenters. The van der Waals surface area contributed by atoms with Crippen LogP contribution in [0, 0.1) is 6.92 Å². The van der Waals surface area contributed by atoms with E-state index in [1.807, 2.05) is 42.9 Å². The van der Waals surface area contributed by atoms with Gasteiger partial charge in [0.05, 0.1) is 5.69 Å². The van der Waals surface area contributed by atoms with E-state index in [0.717, 1.165) is 52.6 Å². The first kappa shape index (κ1) is 15.6. The second-order valence-corrected chi connectivity index (χ2v) is 6.49. The molecular formula is C18H20N6O. The molecule has 1 fully saturated rings. The van der Waals surface area contributed by atoms with Gasteiger partial charge < -0.3 is 10.6 Å². The third-order valence-electron chi connectivity index (χ3n) is 4.28. The highest BCUT2D eigenvalue weighted by atomic mass is 16.1. The minimum Gasteiger partial charge on any atom is -0.338 e. The lowest BCUT2D eigenvalue weighted by atomic mass is 10.2. The van der Waals surface area contributed by atoms with Crippen LogP contribution in [0.1, 0.15) is 37.2 Å². The first-order valence-electron chi connectivity index (χ1n) is 8.37. The normalized spacial score (nSPS) is 13.9. The summed E-state index contributed by atoms with van der Waals surface area (Å²) in [4.78, 5) is 20.6. The summed E-state index contributed by atoms with van der Waals surface area (Å²) in [7, 11) is 1.90. The van der Waals surface area contributed by atoms with Gasteiger partial charge in [0.1, 0.15) is 16.9 Å². The van der Waals surface area contributed by atoms with Crippen molar-refractivity contribution in [2.75, 3.05) is 10.6 Å². The van der Waals surface area contributed by atoms with E-state index in [0.29, 0.717) is 5.92 Å². The van der Waals surface area contributed by atoms with E-state index < -0.39 is 0 Å². The van der Waals surface area contributed by atoms with Crippen molar-refractivity contribution >= 4 is 34.1 Å². The molecule has 0 saturated heterocycles. The van der Waals surface area contributed by atoms with Gasteiger partial charge in [-0.1, -0.05) is 0 Å². The van der Waals surface area contributed by atoms with Crippen LogP contribution in [0.25, 0.3) is 11.0 Å². The Balaban J connectivity index is 1.71. The van der Waals surface area contributed by atoms with Gasteiger partial charge in [0, 0.05) is 31.3 Å². The average molecular weight is 336 g/mol. The maximum absolute atomic E-state index is 11.1. The Morgan fingerprint density at radius 3 is 2.48 bits per heavy atom. The van der Waals surface area contributed by atoms with Gasteiger partial charge in [-0.25, -0.2) is 9.97 Å². The van der Waals surface area contributed by atoms with Gasteiger partial charge in [-0.2, -0.15) is 5.10 Å². The molecular weight excluding hydrogens is 316 g/mol. The number of nitrogens with one attached hydrogen (secondary N) is 2. The molecule has 0 spiro atoms. The summed E-state index contributed by atoms with van der Waals surface area (Å²) in [5.74, 6) is 2.03. The summed E-state index contributed by atoms with van der Waals surface area (Å²) in [6.45, 7) is 3.46. The second-order valence-electron chi connectivity index (χ2n) is 6.49. The molecule has 1 aliphatic rings. The van der Waals surface area contributed by atoms with E-state index in [-0.39, 0.29) is 5.91 Å². The van der Waals surface area contributed by atoms with Crippen molar-refractivity contribution in [3.05, 3.63) is 35.8 Å². The van der Waals surface area contributed by atoms with Crippen LogP contribution in [0.15, 0.2) is 24.3 Å². The Hall–Kier alpha value is -2.96. The van der Waals surface area contributed by atoms with Crippen LogP contribution in [0.5, 0.6) is 0 Å². The average Bonchev–Trinajstić information content (AvgIpc) is 3.36. The Morgan fingerprint density at radius 2 is 1.84 bits per heavy atom. The molecule has 1 aromatic carbocycles. The molecule has 7 heteroatoms. The molecule has 128 valence electrons. The lowest BCUT2D eigenvalue weighted by Gasteiger charge is -2.10. The van der Waals surface area contributed by atoms with Crippen LogP contribution in [0.4, 0.5) is 17.2 Å². The molecule has 7 nitrogen and oxygen atoms in total. The molecule has 1 aliphatic carbocycles. The Bertz CT molecular complexity index is 956. The number of rotatable bonds is 4. The van der Waals surface area contributed by atoms with E-state index in [1.54, 1.807) is 0 Å². The zero-order valence-corrected chi connectivity index (χ0v) is 14.5. The number of fused-ring (bicyclic) bond motifs is 1. The molecule has 0 unspecified atom stereocenters. The van der Waals surface area contributed by atoms with Crippen molar-refractivity contribution in [3.63, 3.8) is 0 Å². The minimum atomic E-state index is -0.0855. The number of nitrogens with zero attached hydrogens (tertiary/aromatic N) is 4. The van der Waals surface area contributed by atoms with Crippen LogP contribution < -0.4 is 10.6 Å². The number of amides is 1. The Morgan fingerprint density at radius 1 is 1.16 bits per heavy atom. The van der Waals surface area contributed by atoms with E-state index >= 15 is 0 Å². The van der Waals surface area contributed by atoms with Crippen LogP contribution in [-0.2, 0) is 11.8 Å². The van der Waals surface area contributed by atoms with Crippen molar-refractivity contribution in [1.29, 1.82) is 0 Å². The van der Waals surface area contributed by atoms with Gasteiger partial charge in [0.15, 0.2) is 5.82 Å². The van der Waals surface area contributed by atoms with E-state index in [9.17, 15) is 4.79 Å². The molecule has 0 bridgehead atoms. The van der Waals surface area contributed by atoms with Gasteiger partial charge in [-0.15, -0.1) is 0 Å². The highest BCUT2D eigenvalue weighted by Crippen LogP contribution is 2.40. The monoisotopic (exact) mass is 336 g/mol. The number of anilines is 3. The van der Waals surface area contributed by atoms with Gasteiger partial charge in [0.2, 0.25) is 5.91 Å². The summed E-state index contributed by atoms with van der Waals surface area (Å²) in [6, 6.07) is 7.55. The van der Waals surface area contributed by atoms with Crippen molar-refractivity contribution in [3.8, 4) is 0 Å². The van der Waals surface area contributed by atoms with Crippen LogP contribution in [0.2, 0.25) is 0 Å². The van der Waals surface area contributed by atoms with Crippen molar-refractivity contribution < 1.29 is 4.79 Å². The lowest BCUT2D eigenvalue weighted by Crippen LogP contribution is -2.06. The van der Waals surface area contributed by atoms with E-state index in [1.165, 1.54) is 6.92 Å². The third-order valence-corrected chi connectivity index (χ3v) is 4.28. The number of benzene rings is 1. The van der Waals surface area contributed by atoms with Gasteiger partial charge in [-0.05, 0) is 44.0 Å². The standard InChI is InChI=1S/C18H20N6O/c1-10-15-16(24(3)23-10)18(22-17(21-15)12-4-5-12)20-14-8-6-13(7-9-14)19-11(2)25/h6-9,12H,4-5H2,1-3H3,(H,19,25)(H,20,21,22). The Labute approximate surface area is 145 Å². The topological polar surface area (TPSA) is 84.7 Å². The SMILES string of the molecule is CC(=O)Nc1ccc(Nc2nc(C3CC3)nc3c(C)nn(C)c23)cc1. The van der Waals surface area contributed by atoms with Crippen molar-refractivity contribution in [2.45, 2.75) is 32.6 Å².